The second-order valence-corrected chi connectivity index (χ2v) is 19.2. The summed E-state index contributed by atoms with van der Waals surface area (Å²) in [5, 5.41) is 12.8. The largest absolute Gasteiger partial charge is 0.491 e. The summed E-state index contributed by atoms with van der Waals surface area (Å²) in [5.74, 6) is -1.07. The van der Waals surface area contributed by atoms with Crippen molar-refractivity contribution in [2.45, 2.75) is 71.1 Å². The van der Waals surface area contributed by atoms with E-state index >= 15 is 0 Å². The molecule has 2 aromatic heterocycles. The predicted molar refractivity (Wildman–Crippen MR) is 322 cm³/mol. The molecule has 0 aliphatic carbocycles. The summed E-state index contributed by atoms with van der Waals surface area (Å²) in [6, 6.07) is 23.1. The number of carbonyl (C=O) groups excluding carboxylic acids is 4. The van der Waals surface area contributed by atoms with E-state index in [0.717, 1.165) is 61.8 Å². The topological polar surface area (TPSA) is 384 Å². The van der Waals surface area contributed by atoms with Gasteiger partial charge in [0.2, 0.25) is 0 Å². The molecule has 456 valence electrons. The van der Waals surface area contributed by atoms with E-state index in [9.17, 15) is 19.2 Å². The number of ether oxygens (including phenoxy) is 8. The third-order valence-electron chi connectivity index (χ3n) is 11.7. The molecule has 0 unspecified atom stereocenters. The maximum atomic E-state index is 12.3. The van der Waals surface area contributed by atoms with Gasteiger partial charge in [-0.3, -0.25) is 30.0 Å². The number of esters is 1. The number of halogens is 2. The number of nitrogen functional groups attached to an aromatic ring is 4. The summed E-state index contributed by atoms with van der Waals surface area (Å²) in [7, 11) is 1.61. The zero-order chi connectivity index (χ0) is 60.9. The predicted octanol–water partition coefficient (Wildman–Crippen LogP) is 6.79. The van der Waals surface area contributed by atoms with Crippen LogP contribution in [0.1, 0.15) is 88.2 Å². The number of methoxy groups -OCH3 is 1. The summed E-state index contributed by atoms with van der Waals surface area (Å²) in [6.07, 6.45) is 6.44. The van der Waals surface area contributed by atoms with Crippen LogP contribution in [-0.4, -0.2) is 148 Å². The molecule has 5 rings (SSSR count). The van der Waals surface area contributed by atoms with Crippen molar-refractivity contribution in [3.63, 3.8) is 0 Å². The fourth-order valence-electron chi connectivity index (χ4n) is 7.32. The van der Waals surface area contributed by atoms with Gasteiger partial charge in [-0.15, -0.1) is 0 Å². The molecule has 2 amide bonds. The highest BCUT2D eigenvalue weighted by atomic mass is 35.5. The third kappa shape index (κ3) is 28.5. The Bertz CT molecular complexity index is 2850. The molecule has 0 aliphatic heterocycles. The number of amides is 2. The molecule has 0 saturated carbocycles. The first-order valence-electron chi connectivity index (χ1n) is 27.1. The van der Waals surface area contributed by atoms with Crippen LogP contribution >= 0.6 is 23.2 Å². The number of guanidine groups is 1. The van der Waals surface area contributed by atoms with Gasteiger partial charge in [0.15, 0.2) is 56.7 Å². The molecular formula is C57H77Cl2N13O12. The highest BCUT2D eigenvalue weighted by molar-refractivity contribution is 6.32. The zero-order valence-corrected chi connectivity index (χ0v) is 49.0. The normalized spacial score (nSPS) is 11.1. The summed E-state index contributed by atoms with van der Waals surface area (Å²) in [5.41, 5.74) is 33.3. The van der Waals surface area contributed by atoms with Crippen molar-refractivity contribution in [2.24, 2.45) is 10.7 Å². The standard InChI is InChI=1S/C38H53ClN8O11.C19H24ClN5O/c1-51-14-15-52-16-17-54-21-24-57-31(48)26-28-5-9-29(10-6-28)44-38(50)58-25-22-55-19-18-53-20-23-56-30-11-7-27(8-12-30)4-2-3-13-43-37(42)47-36(49)32-34(40)46-35(41)33(39)45-32;1-12-7-9-13(10-8-12)5-3-2-4-6-14(21)11-15(26)16-18(22)25-19(23)17(20)24-16/h5-12H,2-4,13-26H2,1H3,(H,44,50)(H4,40,41,46)(H3,42,43,47,49);7-10,21H,2-6,11H2,1H3,(H4,22,23,25). The lowest BCUT2D eigenvalue weighted by atomic mass is 10.0. The number of Topliss-reactive ketones (excluding diaryl/α,β-unsaturated/α-hetero) is 1. The Balaban J connectivity index is 0.000000483. The van der Waals surface area contributed by atoms with E-state index in [1.807, 2.05) is 24.3 Å². The molecule has 2 heterocycles. The van der Waals surface area contributed by atoms with Crippen molar-refractivity contribution in [1.82, 2.24) is 25.3 Å². The van der Waals surface area contributed by atoms with Gasteiger partial charge in [0.1, 0.15) is 25.6 Å². The quantitative estimate of drug-likeness (QED) is 0.00667. The molecule has 25 nitrogen and oxygen atoms in total. The number of hydrogen-bond acceptors (Lipinski definition) is 22. The number of benzene rings is 3. The summed E-state index contributed by atoms with van der Waals surface area (Å²) in [6.45, 7) is 6.52. The summed E-state index contributed by atoms with van der Waals surface area (Å²) < 4.78 is 42.6. The minimum atomic E-state index is -0.686. The number of carbonyl (C=O) groups is 4. The number of aryl methyl sites for hydroxylation is 3. The van der Waals surface area contributed by atoms with Crippen LogP contribution in [-0.2, 0) is 57.2 Å². The smallest absolute Gasteiger partial charge is 0.411 e. The number of rotatable bonds is 37. The lowest BCUT2D eigenvalue weighted by Crippen LogP contribution is -2.38. The second kappa shape index (κ2) is 39.7. The summed E-state index contributed by atoms with van der Waals surface area (Å²) in [4.78, 5) is 68.1. The van der Waals surface area contributed by atoms with Gasteiger partial charge in [-0.25, -0.2) is 24.7 Å². The van der Waals surface area contributed by atoms with Gasteiger partial charge in [0.25, 0.3) is 5.91 Å². The van der Waals surface area contributed by atoms with Crippen molar-refractivity contribution in [3.8, 4) is 5.75 Å². The van der Waals surface area contributed by atoms with Gasteiger partial charge >= 0.3 is 12.1 Å². The van der Waals surface area contributed by atoms with Gasteiger partial charge in [-0.2, -0.15) is 0 Å². The lowest BCUT2D eigenvalue weighted by Gasteiger charge is -2.10. The number of aromatic nitrogens is 4. The Hall–Kier alpha value is -7.78. The number of ketones is 1. The van der Waals surface area contributed by atoms with E-state index in [1.165, 1.54) is 11.1 Å². The molecule has 13 N–H and O–H groups in total. The fourth-order valence-corrected chi connectivity index (χ4v) is 7.57. The number of nitrogens with one attached hydrogen (secondary N) is 3. The highest BCUT2D eigenvalue weighted by Crippen LogP contribution is 2.21. The van der Waals surface area contributed by atoms with Crippen LogP contribution in [0, 0.1) is 12.3 Å². The molecule has 0 atom stereocenters. The van der Waals surface area contributed by atoms with Crippen LogP contribution in [0.2, 0.25) is 10.3 Å². The highest BCUT2D eigenvalue weighted by Gasteiger charge is 2.19. The van der Waals surface area contributed by atoms with Crippen molar-refractivity contribution in [3.05, 3.63) is 117 Å². The van der Waals surface area contributed by atoms with Gasteiger partial charge in [0, 0.05) is 25.1 Å². The number of nitrogens with two attached hydrogens (primary N) is 5. The Labute approximate surface area is 498 Å². The monoisotopic (exact) mass is 1210 g/mol. The van der Waals surface area contributed by atoms with Crippen molar-refractivity contribution in [2.75, 3.05) is 121 Å². The Morgan fingerprint density at radius 3 is 1.70 bits per heavy atom. The summed E-state index contributed by atoms with van der Waals surface area (Å²) >= 11 is 11.6. The maximum Gasteiger partial charge on any atom is 0.411 e. The van der Waals surface area contributed by atoms with Crippen LogP contribution in [0.4, 0.5) is 33.8 Å². The molecule has 84 heavy (non-hydrogen) atoms. The first kappa shape index (κ1) is 68.7. The fraction of sp³-hybridized carbons (Fsp3) is 0.439. The van der Waals surface area contributed by atoms with Gasteiger partial charge < -0.3 is 72.0 Å². The average Bonchev–Trinajstić information content (AvgIpc) is 3.57. The van der Waals surface area contributed by atoms with E-state index in [1.54, 1.807) is 31.4 Å². The average molecular weight is 1210 g/mol. The van der Waals surface area contributed by atoms with E-state index in [2.05, 4.69) is 66.8 Å². The number of aliphatic imine (C=N–C) groups is 1. The molecule has 0 spiro atoms. The molecular weight excluding hydrogens is 1130 g/mol. The Morgan fingerprint density at radius 1 is 0.583 bits per heavy atom. The molecule has 0 aliphatic rings. The number of unbranched alkanes of at least 4 members (excludes halogenated alkanes) is 3. The maximum absolute atomic E-state index is 12.3. The SMILES string of the molecule is COCCOCCOCCOC(=O)Cc1ccc(NC(=O)OCCOCCOCCOc2ccc(CCCCN=C(N)NC(=O)c3nc(Cl)c(N)nc3N)cc2)cc1.Cc1ccc(CCCCCC(=N)CC(=O)c2nc(Cl)c(N)nc2N)cc1. The molecule has 0 fully saturated rings. The lowest BCUT2D eigenvalue weighted by molar-refractivity contribution is -0.144. The molecule has 0 radical (unpaired) electrons. The van der Waals surface area contributed by atoms with Crippen LogP contribution in [0.5, 0.6) is 5.75 Å². The molecule has 3 aromatic carbocycles. The first-order valence-corrected chi connectivity index (χ1v) is 27.9. The van der Waals surface area contributed by atoms with E-state index in [0.29, 0.717) is 77.2 Å². The van der Waals surface area contributed by atoms with E-state index < -0.39 is 12.0 Å². The van der Waals surface area contributed by atoms with Crippen LogP contribution in [0.15, 0.2) is 77.8 Å². The van der Waals surface area contributed by atoms with Crippen LogP contribution < -0.4 is 44.0 Å². The Morgan fingerprint density at radius 2 is 1.10 bits per heavy atom. The van der Waals surface area contributed by atoms with Gasteiger partial charge in [-0.05, 0) is 92.8 Å². The van der Waals surface area contributed by atoms with Gasteiger partial charge in [0.05, 0.1) is 72.3 Å². The second-order valence-electron chi connectivity index (χ2n) is 18.5. The van der Waals surface area contributed by atoms with E-state index in [4.69, 9.17) is 95.2 Å². The minimum absolute atomic E-state index is 0.00984. The molecule has 27 heteroatoms. The number of anilines is 5. The minimum Gasteiger partial charge on any atom is -0.491 e. The third-order valence-corrected chi connectivity index (χ3v) is 12.3. The van der Waals surface area contributed by atoms with Crippen molar-refractivity contribution < 1.29 is 57.1 Å². The number of hydrogen-bond donors (Lipinski definition) is 8. The number of nitrogens with zero attached hydrogens (tertiary/aromatic N) is 5. The molecule has 5 aromatic rings. The van der Waals surface area contributed by atoms with Crippen LogP contribution in [0.3, 0.4) is 0 Å². The van der Waals surface area contributed by atoms with Crippen LogP contribution in [0.25, 0.3) is 0 Å². The van der Waals surface area contributed by atoms with E-state index in [-0.39, 0.29) is 102 Å². The molecule has 0 bridgehead atoms. The molecule has 0 saturated heterocycles. The Kier molecular flexibility index (Phi) is 32.4. The first-order chi connectivity index (χ1) is 40.5. The van der Waals surface area contributed by atoms with Crippen molar-refractivity contribution >= 4 is 87.6 Å². The van der Waals surface area contributed by atoms with Gasteiger partial charge in [-0.1, -0.05) is 83.7 Å². The van der Waals surface area contributed by atoms with Crippen molar-refractivity contribution in [1.29, 1.82) is 5.41 Å². The zero-order valence-electron chi connectivity index (χ0n) is 47.5.